The highest BCUT2D eigenvalue weighted by molar-refractivity contribution is 14.1. The van der Waals surface area contributed by atoms with E-state index in [1.807, 2.05) is 41.6 Å². The van der Waals surface area contributed by atoms with Crippen LogP contribution in [0.5, 0.6) is 5.75 Å². The predicted octanol–water partition coefficient (Wildman–Crippen LogP) is 4.24. The monoisotopic (exact) mass is 348 g/mol. The molecule has 94 valence electrons. The lowest BCUT2D eigenvalue weighted by Gasteiger charge is -2.10. The van der Waals surface area contributed by atoms with Crippen LogP contribution < -0.4 is 4.74 Å². The third-order valence-electron chi connectivity index (χ3n) is 2.24. The third-order valence-corrected chi connectivity index (χ3v) is 2.50. The smallest absolute Gasteiger partial charge is 0.420 e. The van der Waals surface area contributed by atoms with E-state index in [4.69, 9.17) is 9.47 Å². The van der Waals surface area contributed by atoms with Gasteiger partial charge in [0, 0.05) is 0 Å². The van der Waals surface area contributed by atoms with Crippen LogP contribution in [-0.2, 0) is 11.2 Å². The maximum absolute atomic E-state index is 11.4. The van der Waals surface area contributed by atoms with Crippen LogP contribution in [0.15, 0.2) is 18.2 Å². The summed E-state index contributed by atoms with van der Waals surface area (Å²) in [6, 6.07) is 5.91. The normalized spacial score (nSPS) is 12.0. The molecule has 0 aliphatic carbocycles. The molecule has 0 spiro atoms. The lowest BCUT2D eigenvalue weighted by Crippen LogP contribution is -2.14. The number of aryl methyl sites for hydroxylation is 2. The zero-order valence-electron chi connectivity index (χ0n) is 10.3. The quantitative estimate of drug-likeness (QED) is 0.353. The van der Waals surface area contributed by atoms with Crippen LogP contribution in [0.3, 0.4) is 0 Å². The maximum Gasteiger partial charge on any atom is 0.514 e. The second-order valence-electron chi connectivity index (χ2n) is 3.86. The molecule has 0 N–H and O–H groups in total. The van der Waals surface area contributed by atoms with Crippen molar-refractivity contribution < 1.29 is 14.3 Å². The number of rotatable bonds is 4. The van der Waals surface area contributed by atoms with Gasteiger partial charge in [-0.1, -0.05) is 25.5 Å². The summed E-state index contributed by atoms with van der Waals surface area (Å²) in [7, 11) is 0. The average Bonchev–Trinajstić information content (AvgIpc) is 2.22. The molecule has 0 aliphatic rings. The summed E-state index contributed by atoms with van der Waals surface area (Å²) in [4.78, 5) is 11.4. The van der Waals surface area contributed by atoms with Gasteiger partial charge in [0.2, 0.25) is 0 Å². The molecular formula is C13H17IO3. The fourth-order valence-electron chi connectivity index (χ4n) is 1.45. The molecule has 0 fully saturated rings. The van der Waals surface area contributed by atoms with E-state index in [2.05, 4.69) is 13.0 Å². The Labute approximate surface area is 116 Å². The Balaban J connectivity index is 2.75. The van der Waals surface area contributed by atoms with E-state index in [1.54, 1.807) is 6.92 Å². The summed E-state index contributed by atoms with van der Waals surface area (Å²) < 4.78 is 9.92. The van der Waals surface area contributed by atoms with E-state index >= 15 is 0 Å². The van der Waals surface area contributed by atoms with Gasteiger partial charge in [-0.25, -0.2) is 4.79 Å². The fourth-order valence-corrected chi connectivity index (χ4v) is 1.65. The standard InChI is InChI=1S/C13H17IO3/c1-4-5-11-7-6-9(2)12(8-11)17-13(15)16-10(3)14/h6-8,10H,4-5H2,1-3H3. The molecule has 0 amide bonds. The molecule has 3 nitrogen and oxygen atoms in total. The second-order valence-corrected chi connectivity index (χ2v) is 5.62. The zero-order valence-corrected chi connectivity index (χ0v) is 12.5. The van der Waals surface area contributed by atoms with Crippen LogP contribution in [0.1, 0.15) is 31.4 Å². The highest BCUT2D eigenvalue weighted by Gasteiger charge is 2.11. The first-order chi connectivity index (χ1) is 8.02. The van der Waals surface area contributed by atoms with Gasteiger partial charge < -0.3 is 9.47 Å². The molecule has 1 aromatic rings. The van der Waals surface area contributed by atoms with Crippen LogP contribution in [-0.4, -0.2) is 10.3 Å². The molecule has 0 saturated heterocycles. The Morgan fingerprint density at radius 3 is 2.76 bits per heavy atom. The molecule has 0 aliphatic heterocycles. The van der Waals surface area contributed by atoms with Crippen molar-refractivity contribution >= 4 is 28.7 Å². The van der Waals surface area contributed by atoms with Gasteiger partial charge in [-0.05, 0) is 60.1 Å². The molecular weight excluding hydrogens is 331 g/mol. The first-order valence-corrected chi connectivity index (χ1v) is 6.89. The number of carbonyl (C=O) groups excluding carboxylic acids is 1. The summed E-state index contributed by atoms with van der Waals surface area (Å²) in [5.74, 6) is 0.581. The Morgan fingerprint density at radius 2 is 2.18 bits per heavy atom. The lowest BCUT2D eigenvalue weighted by molar-refractivity contribution is 0.0986. The van der Waals surface area contributed by atoms with Gasteiger partial charge in [-0.2, -0.15) is 0 Å². The Bertz CT molecular complexity index is 388. The van der Waals surface area contributed by atoms with Crippen molar-refractivity contribution in [3.63, 3.8) is 0 Å². The number of hydrogen-bond donors (Lipinski definition) is 0. The van der Waals surface area contributed by atoms with Crippen molar-refractivity contribution in [2.45, 2.75) is 37.7 Å². The highest BCUT2D eigenvalue weighted by Crippen LogP contribution is 2.21. The average molecular weight is 348 g/mol. The van der Waals surface area contributed by atoms with Crippen LogP contribution in [0.4, 0.5) is 4.79 Å². The topological polar surface area (TPSA) is 35.5 Å². The molecule has 0 bridgehead atoms. The Morgan fingerprint density at radius 1 is 1.47 bits per heavy atom. The van der Waals surface area contributed by atoms with Gasteiger partial charge in [-0.15, -0.1) is 0 Å². The molecule has 1 rings (SSSR count). The van der Waals surface area contributed by atoms with Crippen molar-refractivity contribution in [2.24, 2.45) is 0 Å². The zero-order chi connectivity index (χ0) is 12.8. The van der Waals surface area contributed by atoms with Crippen LogP contribution in [0.2, 0.25) is 0 Å². The van der Waals surface area contributed by atoms with E-state index in [-0.39, 0.29) is 4.11 Å². The number of hydrogen-bond acceptors (Lipinski definition) is 3. The number of alkyl halides is 1. The lowest BCUT2D eigenvalue weighted by atomic mass is 10.1. The number of ether oxygens (including phenoxy) is 2. The van der Waals surface area contributed by atoms with Gasteiger partial charge in [0.25, 0.3) is 0 Å². The van der Waals surface area contributed by atoms with E-state index in [9.17, 15) is 4.79 Å². The number of halogens is 1. The van der Waals surface area contributed by atoms with E-state index < -0.39 is 6.16 Å². The minimum atomic E-state index is -0.649. The SMILES string of the molecule is CCCc1ccc(C)c(OC(=O)OC(C)I)c1. The molecule has 0 radical (unpaired) electrons. The summed E-state index contributed by atoms with van der Waals surface area (Å²) in [5, 5.41) is 0. The Kier molecular flexibility index (Phi) is 5.74. The van der Waals surface area contributed by atoms with Crippen molar-refractivity contribution in [1.82, 2.24) is 0 Å². The molecule has 0 aromatic heterocycles. The molecule has 1 unspecified atom stereocenters. The first-order valence-electron chi connectivity index (χ1n) is 5.65. The summed E-state index contributed by atoms with van der Waals surface area (Å²) in [6.45, 7) is 5.81. The molecule has 0 saturated carbocycles. The van der Waals surface area contributed by atoms with E-state index in [0.29, 0.717) is 5.75 Å². The fraction of sp³-hybridized carbons (Fsp3) is 0.462. The van der Waals surface area contributed by atoms with Crippen LogP contribution in [0.25, 0.3) is 0 Å². The van der Waals surface area contributed by atoms with Crippen LogP contribution >= 0.6 is 22.6 Å². The molecule has 1 atom stereocenters. The second kappa shape index (κ2) is 6.83. The van der Waals surface area contributed by atoms with Gasteiger partial charge in [-0.3, -0.25) is 0 Å². The largest absolute Gasteiger partial charge is 0.514 e. The van der Waals surface area contributed by atoms with Gasteiger partial charge in [0.1, 0.15) is 5.75 Å². The van der Waals surface area contributed by atoms with Crippen molar-refractivity contribution in [3.05, 3.63) is 29.3 Å². The predicted molar refractivity (Wildman–Crippen MR) is 75.8 cm³/mol. The van der Waals surface area contributed by atoms with E-state index in [1.165, 1.54) is 5.56 Å². The van der Waals surface area contributed by atoms with Crippen LogP contribution in [0, 0.1) is 6.92 Å². The molecule has 1 aromatic carbocycles. The summed E-state index contributed by atoms with van der Waals surface area (Å²) in [6.07, 6.45) is 1.40. The summed E-state index contributed by atoms with van der Waals surface area (Å²) >= 11 is 2.01. The van der Waals surface area contributed by atoms with Gasteiger partial charge in [0.05, 0.1) is 0 Å². The van der Waals surface area contributed by atoms with Crippen molar-refractivity contribution in [3.8, 4) is 5.75 Å². The van der Waals surface area contributed by atoms with Crippen molar-refractivity contribution in [1.29, 1.82) is 0 Å². The molecule has 0 heterocycles. The first kappa shape index (κ1) is 14.3. The van der Waals surface area contributed by atoms with E-state index in [0.717, 1.165) is 18.4 Å². The molecule has 4 heteroatoms. The summed E-state index contributed by atoms with van der Waals surface area (Å²) in [5.41, 5.74) is 2.10. The number of carbonyl (C=O) groups is 1. The maximum atomic E-state index is 11.4. The highest BCUT2D eigenvalue weighted by atomic mass is 127. The van der Waals surface area contributed by atoms with Gasteiger partial charge in [0.15, 0.2) is 4.11 Å². The number of benzene rings is 1. The third kappa shape index (κ3) is 4.93. The van der Waals surface area contributed by atoms with Crippen molar-refractivity contribution in [2.75, 3.05) is 0 Å². The minimum Gasteiger partial charge on any atom is -0.420 e. The van der Waals surface area contributed by atoms with Gasteiger partial charge >= 0.3 is 6.16 Å². The molecule has 17 heavy (non-hydrogen) atoms. The Hall–Kier alpha value is -0.780. The minimum absolute atomic E-state index is 0.195.